The van der Waals surface area contributed by atoms with Gasteiger partial charge in [0.25, 0.3) is 5.91 Å². The Labute approximate surface area is 188 Å². The van der Waals surface area contributed by atoms with Crippen LogP contribution >= 0.6 is 11.3 Å². The van der Waals surface area contributed by atoms with E-state index in [0.717, 1.165) is 11.1 Å². The Hall–Kier alpha value is -3.78. The first kappa shape index (κ1) is 21.5. The number of nitrogens with zero attached hydrogens (tertiary/aromatic N) is 3. The minimum Gasteiger partial charge on any atom is -0.493 e. The minimum atomic E-state index is -0.341. The summed E-state index contributed by atoms with van der Waals surface area (Å²) in [5.74, 6) is 0.577. The minimum absolute atomic E-state index is 0.261. The molecule has 0 N–H and O–H groups in total. The number of aromatic nitrogens is 2. The molecule has 0 aliphatic heterocycles. The van der Waals surface area contributed by atoms with Crippen LogP contribution in [0.25, 0.3) is 16.3 Å². The summed E-state index contributed by atoms with van der Waals surface area (Å²) in [7, 11) is 3.12. The molecule has 0 saturated carbocycles. The number of rotatable bonds is 7. The number of thiazole rings is 1. The maximum Gasteiger partial charge on any atom is 0.253 e. The fourth-order valence-electron chi connectivity index (χ4n) is 3.13. The number of amides is 1. The number of fused-ring (bicyclic) bond motifs is 1. The Morgan fingerprint density at radius 2 is 1.97 bits per heavy atom. The van der Waals surface area contributed by atoms with E-state index in [0.29, 0.717) is 26.8 Å². The molecular formula is C24H20FN3O3S. The largest absolute Gasteiger partial charge is 0.493 e. The van der Waals surface area contributed by atoms with Gasteiger partial charge in [-0.3, -0.25) is 14.7 Å². The smallest absolute Gasteiger partial charge is 0.253 e. The number of carbonyl (C=O) groups excluding carboxylic acids is 1. The molecule has 0 radical (unpaired) electrons. The molecular weight excluding hydrogens is 429 g/mol. The first-order valence-electron chi connectivity index (χ1n) is 9.74. The first-order valence-corrected chi connectivity index (χ1v) is 10.6. The summed E-state index contributed by atoms with van der Waals surface area (Å²) in [5.41, 5.74) is 2.27. The summed E-state index contributed by atoms with van der Waals surface area (Å²) in [4.78, 5) is 23.4. The molecule has 1 amide bonds. The topological polar surface area (TPSA) is 64.5 Å². The molecule has 0 saturated heterocycles. The van der Waals surface area contributed by atoms with E-state index in [4.69, 9.17) is 9.47 Å². The average molecular weight is 450 g/mol. The Morgan fingerprint density at radius 3 is 2.72 bits per heavy atom. The van der Waals surface area contributed by atoms with Crippen LogP contribution in [0.15, 0.2) is 67.0 Å². The van der Waals surface area contributed by atoms with Gasteiger partial charge in [0, 0.05) is 18.5 Å². The second kappa shape index (κ2) is 9.57. The third-order valence-corrected chi connectivity index (χ3v) is 5.77. The van der Waals surface area contributed by atoms with Crippen LogP contribution in [0, 0.1) is 5.82 Å². The van der Waals surface area contributed by atoms with Crippen LogP contribution < -0.4 is 14.4 Å². The Bertz CT molecular complexity index is 1270. The van der Waals surface area contributed by atoms with Crippen molar-refractivity contribution in [2.24, 2.45) is 0 Å². The molecule has 0 fully saturated rings. The Balaban J connectivity index is 1.65. The highest BCUT2D eigenvalue weighted by Crippen LogP contribution is 2.31. The van der Waals surface area contributed by atoms with Gasteiger partial charge in [-0.05, 0) is 53.6 Å². The molecule has 2 heterocycles. The normalized spacial score (nSPS) is 11.1. The second-order valence-electron chi connectivity index (χ2n) is 6.84. The lowest BCUT2D eigenvalue weighted by Crippen LogP contribution is -2.28. The van der Waals surface area contributed by atoms with Crippen molar-refractivity contribution in [2.75, 3.05) is 19.1 Å². The quantitative estimate of drug-likeness (QED) is 0.368. The summed E-state index contributed by atoms with van der Waals surface area (Å²) >= 11 is 1.26. The molecule has 0 unspecified atom stereocenters. The van der Waals surface area contributed by atoms with Gasteiger partial charge < -0.3 is 9.47 Å². The zero-order chi connectivity index (χ0) is 22.5. The van der Waals surface area contributed by atoms with Crippen LogP contribution in [-0.4, -0.2) is 30.1 Å². The number of ether oxygens (including phenoxy) is 2. The van der Waals surface area contributed by atoms with Crippen LogP contribution in [0.3, 0.4) is 0 Å². The van der Waals surface area contributed by atoms with Crippen molar-refractivity contribution < 1.29 is 18.7 Å². The lowest BCUT2D eigenvalue weighted by Gasteiger charge is -2.18. The molecule has 0 aliphatic carbocycles. The van der Waals surface area contributed by atoms with E-state index in [1.165, 1.54) is 29.5 Å². The standard InChI is InChI=1S/C24H20FN3O3S/c1-30-20-9-5-16(12-21(20)31-2)6-10-23(29)28(15-17-4-3-11-26-14-17)24-27-19-8-7-18(25)13-22(19)32-24/h3-14H,15H2,1-2H3/b10-6+. The van der Waals surface area contributed by atoms with Crippen molar-refractivity contribution in [3.63, 3.8) is 0 Å². The van der Waals surface area contributed by atoms with Gasteiger partial charge in [-0.15, -0.1) is 0 Å². The predicted octanol–water partition coefficient (Wildman–Crippen LogP) is 5.09. The van der Waals surface area contributed by atoms with Crippen LogP contribution in [0.2, 0.25) is 0 Å². The highest BCUT2D eigenvalue weighted by atomic mass is 32.1. The third-order valence-electron chi connectivity index (χ3n) is 4.73. The lowest BCUT2D eigenvalue weighted by molar-refractivity contribution is -0.114. The van der Waals surface area contributed by atoms with Crippen LogP contribution in [-0.2, 0) is 11.3 Å². The highest BCUT2D eigenvalue weighted by Gasteiger charge is 2.19. The molecule has 2 aromatic heterocycles. The summed E-state index contributed by atoms with van der Waals surface area (Å²) in [5, 5.41) is 0.483. The highest BCUT2D eigenvalue weighted by molar-refractivity contribution is 7.22. The third kappa shape index (κ3) is 4.76. The van der Waals surface area contributed by atoms with Gasteiger partial charge in [0.2, 0.25) is 0 Å². The van der Waals surface area contributed by atoms with Gasteiger partial charge in [0.1, 0.15) is 5.82 Å². The number of anilines is 1. The molecule has 162 valence electrons. The number of hydrogen-bond donors (Lipinski definition) is 0. The van der Waals surface area contributed by atoms with Gasteiger partial charge in [-0.25, -0.2) is 9.37 Å². The molecule has 0 aliphatic rings. The van der Waals surface area contributed by atoms with Crippen LogP contribution in [0.4, 0.5) is 9.52 Å². The lowest BCUT2D eigenvalue weighted by atomic mass is 10.2. The van der Waals surface area contributed by atoms with Crippen LogP contribution in [0.1, 0.15) is 11.1 Å². The average Bonchev–Trinajstić information content (AvgIpc) is 3.24. The molecule has 8 heteroatoms. The SMILES string of the molecule is COc1ccc(/C=C/C(=O)N(Cc2cccnc2)c2nc3ccc(F)cc3s2)cc1OC. The summed E-state index contributed by atoms with van der Waals surface area (Å²) < 4.78 is 24.9. The summed E-state index contributed by atoms with van der Waals surface area (Å²) in [6.07, 6.45) is 6.55. The number of halogens is 1. The summed E-state index contributed by atoms with van der Waals surface area (Å²) in [6, 6.07) is 13.5. The van der Waals surface area contributed by atoms with Gasteiger partial charge in [-0.2, -0.15) is 0 Å². The fraction of sp³-hybridized carbons (Fsp3) is 0.125. The maximum atomic E-state index is 13.6. The number of pyridine rings is 1. The van der Waals surface area contributed by atoms with Gasteiger partial charge in [0.15, 0.2) is 16.6 Å². The van der Waals surface area contributed by atoms with E-state index in [2.05, 4.69) is 9.97 Å². The van der Waals surface area contributed by atoms with E-state index in [-0.39, 0.29) is 18.3 Å². The molecule has 4 aromatic rings. The van der Waals surface area contributed by atoms with Crippen molar-refractivity contribution in [3.8, 4) is 11.5 Å². The molecule has 2 aromatic carbocycles. The molecule has 4 rings (SSSR count). The monoisotopic (exact) mass is 449 g/mol. The van der Waals surface area contributed by atoms with Crippen LogP contribution in [0.5, 0.6) is 11.5 Å². The number of hydrogen-bond acceptors (Lipinski definition) is 6. The van der Waals surface area contributed by atoms with E-state index < -0.39 is 0 Å². The van der Waals surface area contributed by atoms with E-state index in [9.17, 15) is 9.18 Å². The van der Waals surface area contributed by atoms with Crippen molar-refractivity contribution in [1.29, 1.82) is 0 Å². The zero-order valence-electron chi connectivity index (χ0n) is 17.5. The zero-order valence-corrected chi connectivity index (χ0v) is 18.3. The van der Waals surface area contributed by atoms with Crippen molar-refractivity contribution in [2.45, 2.75) is 6.54 Å². The van der Waals surface area contributed by atoms with Gasteiger partial charge >= 0.3 is 0 Å². The molecule has 32 heavy (non-hydrogen) atoms. The fourth-order valence-corrected chi connectivity index (χ4v) is 4.12. The van der Waals surface area contributed by atoms with E-state index in [1.54, 1.807) is 55.8 Å². The van der Waals surface area contributed by atoms with Gasteiger partial charge in [0.05, 0.1) is 31.0 Å². The van der Waals surface area contributed by atoms with E-state index in [1.807, 2.05) is 18.2 Å². The second-order valence-corrected chi connectivity index (χ2v) is 7.85. The van der Waals surface area contributed by atoms with Gasteiger partial charge in [-0.1, -0.05) is 23.5 Å². The number of methoxy groups -OCH3 is 2. The molecule has 0 spiro atoms. The molecule has 0 atom stereocenters. The van der Waals surface area contributed by atoms with Crippen molar-refractivity contribution >= 4 is 38.7 Å². The number of benzene rings is 2. The predicted molar refractivity (Wildman–Crippen MR) is 124 cm³/mol. The summed E-state index contributed by atoms with van der Waals surface area (Å²) in [6.45, 7) is 0.283. The molecule has 0 bridgehead atoms. The van der Waals surface area contributed by atoms with Crippen molar-refractivity contribution in [3.05, 3.63) is 83.9 Å². The Kier molecular flexibility index (Phi) is 6.42. The van der Waals surface area contributed by atoms with E-state index >= 15 is 0 Å². The molecule has 6 nitrogen and oxygen atoms in total. The first-order chi connectivity index (χ1) is 15.6. The maximum absolute atomic E-state index is 13.6. The number of carbonyl (C=O) groups is 1. The Morgan fingerprint density at radius 1 is 1.12 bits per heavy atom. The van der Waals surface area contributed by atoms with Crippen molar-refractivity contribution in [1.82, 2.24) is 9.97 Å².